The fraction of sp³-hybridized carbons (Fsp3) is 0. The monoisotopic (exact) mass is 422 g/mol. The molecular formula is C32H22O. The molecule has 0 unspecified atom stereocenters. The predicted molar refractivity (Wildman–Crippen MR) is 138 cm³/mol. The van der Waals surface area contributed by atoms with E-state index in [1.807, 2.05) is 12.3 Å². The Labute approximate surface area is 193 Å². The van der Waals surface area contributed by atoms with E-state index in [4.69, 9.17) is 4.42 Å². The van der Waals surface area contributed by atoms with Gasteiger partial charge in [-0.1, -0.05) is 127 Å². The summed E-state index contributed by atoms with van der Waals surface area (Å²) in [5.41, 5.74) is 8.03. The fourth-order valence-electron chi connectivity index (χ4n) is 4.66. The van der Waals surface area contributed by atoms with E-state index in [1.165, 1.54) is 27.5 Å². The maximum absolute atomic E-state index is 6.27. The molecule has 5 aromatic carbocycles. The molecule has 1 heteroatoms. The van der Waals surface area contributed by atoms with Crippen molar-refractivity contribution in [1.29, 1.82) is 0 Å². The van der Waals surface area contributed by atoms with Gasteiger partial charge in [0.1, 0.15) is 5.76 Å². The highest BCUT2D eigenvalue weighted by Crippen LogP contribution is 2.45. The van der Waals surface area contributed by atoms with Crippen molar-refractivity contribution in [3.8, 4) is 44.7 Å². The second kappa shape index (κ2) is 8.29. The van der Waals surface area contributed by atoms with E-state index in [-0.39, 0.29) is 0 Å². The van der Waals surface area contributed by atoms with Gasteiger partial charge in [-0.25, -0.2) is 0 Å². The number of hydrogen-bond acceptors (Lipinski definition) is 1. The minimum absolute atomic E-state index is 0.893. The molecule has 0 amide bonds. The summed E-state index contributed by atoms with van der Waals surface area (Å²) >= 11 is 0. The summed E-state index contributed by atoms with van der Waals surface area (Å²) in [7, 11) is 0. The first-order valence-corrected chi connectivity index (χ1v) is 11.2. The largest absolute Gasteiger partial charge is 0.463 e. The lowest BCUT2D eigenvalue weighted by molar-refractivity contribution is 0.584. The van der Waals surface area contributed by atoms with E-state index in [9.17, 15) is 0 Å². The van der Waals surface area contributed by atoms with Crippen LogP contribution in [0.2, 0.25) is 0 Å². The summed E-state index contributed by atoms with van der Waals surface area (Å²) in [6.07, 6.45) is 1.91. The number of hydrogen-bond donors (Lipinski definition) is 0. The van der Waals surface area contributed by atoms with Gasteiger partial charge in [0, 0.05) is 16.7 Å². The first-order valence-electron chi connectivity index (χ1n) is 11.2. The van der Waals surface area contributed by atoms with Gasteiger partial charge in [-0.2, -0.15) is 0 Å². The third-order valence-electron chi connectivity index (χ3n) is 6.19. The van der Waals surface area contributed by atoms with Crippen LogP contribution in [0.5, 0.6) is 0 Å². The van der Waals surface area contributed by atoms with E-state index in [2.05, 4.69) is 121 Å². The van der Waals surface area contributed by atoms with Crippen molar-refractivity contribution in [1.82, 2.24) is 0 Å². The summed E-state index contributed by atoms with van der Waals surface area (Å²) in [6.45, 7) is 0. The molecule has 0 spiro atoms. The molecule has 33 heavy (non-hydrogen) atoms. The molecule has 0 N–H and O–H groups in total. The van der Waals surface area contributed by atoms with Crippen LogP contribution in [0, 0.1) is 0 Å². The molecule has 0 aliphatic rings. The molecular weight excluding hydrogens is 400 g/mol. The molecule has 1 heterocycles. The van der Waals surface area contributed by atoms with Crippen LogP contribution in [0.25, 0.3) is 55.5 Å². The van der Waals surface area contributed by atoms with Crippen molar-refractivity contribution >= 4 is 10.8 Å². The molecule has 0 saturated heterocycles. The van der Waals surface area contributed by atoms with Gasteiger partial charge in [-0.15, -0.1) is 0 Å². The van der Waals surface area contributed by atoms with Gasteiger partial charge >= 0.3 is 0 Å². The summed E-state index contributed by atoms with van der Waals surface area (Å²) in [4.78, 5) is 0. The van der Waals surface area contributed by atoms with Crippen LogP contribution in [-0.4, -0.2) is 0 Å². The molecule has 0 fully saturated rings. The van der Waals surface area contributed by atoms with Crippen LogP contribution >= 0.6 is 0 Å². The summed E-state index contributed by atoms with van der Waals surface area (Å²) < 4.78 is 6.27. The van der Waals surface area contributed by atoms with Crippen LogP contribution in [0.3, 0.4) is 0 Å². The van der Waals surface area contributed by atoms with Gasteiger partial charge in [0.2, 0.25) is 0 Å². The first kappa shape index (κ1) is 19.3. The third-order valence-corrected chi connectivity index (χ3v) is 6.19. The van der Waals surface area contributed by atoms with E-state index in [1.54, 1.807) is 0 Å². The second-order valence-corrected chi connectivity index (χ2v) is 8.16. The Morgan fingerprint density at radius 3 is 1.70 bits per heavy atom. The molecule has 0 atom stereocenters. The first-order chi connectivity index (χ1) is 16.4. The van der Waals surface area contributed by atoms with Crippen LogP contribution in [-0.2, 0) is 0 Å². The molecule has 0 bridgehead atoms. The Kier molecular flexibility index (Phi) is 4.86. The average molecular weight is 423 g/mol. The molecule has 6 rings (SSSR count). The van der Waals surface area contributed by atoms with Crippen LogP contribution in [0.4, 0.5) is 0 Å². The average Bonchev–Trinajstić information content (AvgIpc) is 3.34. The van der Waals surface area contributed by atoms with Crippen LogP contribution in [0.15, 0.2) is 138 Å². The highest BCUT2D eigenvalue weighted by atomic mass is 16.3. The minimum Gasteiger partial charge on any atom is -0.463 e. The van der Waals surface area contributed by atoms with Crippen molar-refractivity contribution in [3.63, 3.8) is 0 Å². The number of fused-ring (bicyclic) bond motifs is 1. The third kappa shape index (κ3) is 3.44. The van der Waals surface area contributed by atoms with Crippen molar-refractivity contribution in [2.45, 2.75) is 0 Å². The lowest BCUT2D eigenvalue weighted by Crippen LogP contribution is -1.88. The van der Waals surface area contributed by atoms with Gasteiger partial charge in [0.25, 0.3) is 0 Å². The van der Waals surface area contributed by atoms with Crippen molar-refractivity contribution in [2.24, 2.45) is 0 Å². The zero-order chi connectivity index (χ0) is 22.0. The Hall–Kier alpha value is -4.36. The van der Waals surface area contributed by atoms with Gasteiger partial charge in [0.15, 0.2) is 0 Å². The predicted octanol–water partition coefficient (Wildman–Crippen LogP) is 9.10. The second-order valence-electron chi connectivity index (χ2n) is 8.16. The Bertz CT molecular complexity index is 1540. The lowest BCUT2D eigenvalue weighted by Gasteiger charge is -2.13. The highest BCUT2D eigenvalue weighted by Gasteiger charge is 2.21. The minimum atomic E-state index is 0.893. The molecule has 0 saturated carbocycles. The zero-order valence-electron chi connectivity index (χ0n) is 18.1. The number of rotatable bonds is 4. The molecule has 1 nitrogen and oxygen atoms in total. The van der Waals surface area contributed by atoms with E-state index < -0.39 is 0 Å². The summed E-state index contributed by atoms with van der Waals surface area (Å²) in [6, 6.07) is 44.6. The van der Waals surface area contributed by atoms with Gasteiger partial charge in [-0.3, -0.25) is 0 Å². The highest BCUT2D eigenvalue weighted by molar-refractivity contribution is 6.03. The fourth-order valence-corrected chi connectivity index (χ4v) is 4.66. The Morgan fingerprint density at radius 2 is 0.939 bits per heavy atom. The lowest BCUT2D eigenvalue weighted by atomic mass is 9.88. The van der Waals surface area contributed by atoms with Crippen molar-refractivity contribution in [3.05, 3.63) is 134 Å². The molecule has 6 aromatic rings. The summed E-state index contributed by atoms with van der Waals surface area (Å²) in [5, 5.41) is 2.49. The number of furan rings is 1. The smallest absolute Gasteiger partial charge is 0.142 e. The normalized spacial score (nSPS) is 11.0. The van der Waals surface area contributed by atoms with Crippen LogP contribution < -0.4 is 0 Å². The van der Waals surface area contributed by atoms with E-state index in [0.29, 0.717) is 0 Å². The maximum atomic E-state index is 6.27. The molecule has 0 aliphatic carbocycles. The summed E-state index contributed by atoms with van der Waals surface area (Å²) in [5.74, 6) is 0.893. The van der Waals surface area contributed by atoms with Gasteiger partial charge < -0.3 is 4.42 Å². The van der Waals surface area contributed by atoms with Crippen molar-refractivity contribution < 1.29 is 4.42 Å². The number of benzene rings is 5. The van der Waals surface area contributed by atoms with Crippen molar-refractivity contribution in [2.75, 3.05) is 0 Å². The van der Waals surface area contributed by atoms with E-state index in [0.717, 1.165) is 28.0 Å². The standard InChI is InChI=1S/C32H22O/c1-3-13-24(14-4-1)31-30(22-33-32(31)25-15-5-2-6-16-25)29-20-10-9-19-28(29)27-21-11-17-23-12-7-8-18-26(23)27/h1-22H. The quantitative estimate of drug-likeness (QED) is 0.276. The topological polar surface area (TPSA) is 13.1 Å². The maximum Gasteiger partial charge on any atom is 0.142 e. The zero-order valence-corrected chi connectivity index (χ0v) is 18.1. The molecule has 156 valence electrons. The van der Waals surface area contributed by atoms with Gasteiger partial charge in [-0.05, 0) is 33.0 Å². The van der Waals surface area contributed by atoms with E-state index >= 15 is 0 Å². The molecule has 0 radical (unpaired) electrons. The molecule has 1 aromatic heterocycles. The Balaban J connectivity index is 1.63. The molecule has 0 aliphatic heterocycles. The SMILES string of the molecule is c1ccc(-c2occ(-c3ccccc3-c3cccc4ccccc34)c2-c2ccccc2)cc1. The van der Waals surface area contributed by atoms with Gasteiger partial charge in [0.05, 0.1) is 6.26 Å². The Morgan fingerprint density at radius 1 is 0.394 bits per heavy atom. The van der Waals surface area contributed by atoms with Crippen LogP contribution in [0.1, 0.15) is 0 Å².